The van der Waals surface area contributed by atoms with E-state index in [1.807, 2.05) is 5.32 Å². The van der Waals surface area contributed by atoms with Gasteiger partial charge in [-0.2, -0.15) is 8.78 Å². The molecule has 0 radical (unpaired) electrons. The summed E-state index contributed by atoms with van der Waals surface area (Å²) >= 11 is 0. The van der Waals surface area contributed by atoms with Crippen LogP contribution in [-0.4, -0.2) is 32.1 Å². The molecule has 0 aromatic heterocycles. The van der Waals surface area contributed by atoms with E-state index in [1.165, 1.54) is 31.4 Å². The first-order valence-corrected chi connectivity index (χ1v) is 8.23. The summed E-state index contributed by atoms with van der Waals surface area (Å²) in [5.41, 5.74) is -0.168. The summed E-state index contributed by atoms with van der Waals surface area (Å²) < 4.78 is 73.3. The van der Waals surface area contributed by atoms with E-state index in [9.17, 15) is 31.5 Å². The number of carbonyl (C=O) groups is 2. The maximum atomic E-state index is 13.5. The van der Waals surface area contributed by atoms with Crippen molar-refractivity contribution in [2.24, 2.45) is 0 Å². The van der Waals surface area contributed by atoms with Gasteiger partial charge in [-0.05, 0) is 35.9 Å². The van der Waals surface area contributed by atoms with Gasteiger partial charge in [0.1, 0.15) is 0 Å². The Kier molecular flexibility index (Phi) is 7.73. The lowest BCUT2D eigenvalue weighted by Crippen LogP contribution is -2.32. The van der Waals surface area contributed by atoms with Crippen molar-refractivity contribution < 1.29 is 41.0 Å². The normalized spacial score (nSPS) is 10.9. The topological polar surface area (TPSA) is 76.7 Å². The van der Waals surface area contributed by atoms with Crippen LogP contribution in [0.15, 0.2) is 36.4 Å². The fourth-order valence-electron chi connectivity index (χ4n) is 2.20. The summed E-state index contributed by atoms with van der Waals surface area (Å²) in [6.45, 7) is -3.61. The third kappa shape index (κ3) is 6.19. The number of methoxy groups -OCH3 is 1. The van der Waals surface area contributed by atoms with E-state index in [0.29, 0.717) is 11.6 Å². The highest BCUT2D eigenvalue weighted by Gasteiger charge is 2.15. The van der Waals surface area contributed by atoms with Gasteiger partial charge in [0.05, 0.1) is 19.3 Å². The van der Waals surface area contributed by atoms with Gasteiger partial charge in [-0.25, -0.2) is 13.2 Å². The van der Waals surface area contributed by atoms with Crippen LogP contribution in [0.1, 0.15) is 5.56 Å². The molecule has 0 aliphatic rings. The maximum Gasteiger partial charge on any atom is 0.387 e. The molecule has 0 atom stereocenters. The molecule has 0 heterocycles. The number of halogens is 5. The third-order valence-electron chi connectivity index (χ3n) is 3.56. The van der Waals surface area contributed by atoms with E-state index in [2.05, 4.69) is 10.1 Å². The predicted octanol–water partition coefficient (Wildman–Crippen LogP) is 3.48. The van der Waals surface area contributed by atoms with E-state index in [4.69, 9.17) is 4.74 Å². The number of hydrogen-bond donors (Lipinski definition) is 2. The Hall–Kier alpha value is -3.63. The summed E-state index contributed by atoms with van der Waals surface area (Å²) in [5.74, 6) is -6.46. The second kappa shape index (κ2) is 10.2. The van der Waals surface area contributed by atoms with Gasteiger partial charge in [0.25, 0.3) is 0 Å². The van der Waals surface area contributed by atoms with E-state index in [1.54, 1.807) is 0 Å². The molecule has 0 bridgehead atoms. The molecule has 2 rings (SSSR count). The highest BCUT2D eigenvalue weighted by atomic mass is 19.3. The van der Waals surface area contributed by atoms with Crippen LogP contribution in [0.3, 0.4) is 0 Å². The Morgan fingerprint density at radius 1 is 1.07 bits per heavy atom. The van der Waals surface area contributed by atoms with Gasteiger partial charge in [0.15, 0.2) is 29.0 Å². The van der Waals surface area contributed by atoms with Gasteiger partial charge in [0.2, 0.25) is 11.8 Å². The summed E-state index contributed by atoms with van der Waals surface area (Å²) in [4.78, 5) is 23.5. The lowest BCUT2D eigenvalue weighted by Gasteiger charge is -2.10. The molecule has 0 fully saturated rings. The summed E-state index contributed by atoms with van der Waals surface area (Å²) in [6.07, 6.45) is 2.37. The van der Waals surface area contributed by atoms with Crippen molar-refractivity contribution in [3.05, 3.63) is 59.4 Å². The minimum atomic E-state index is -3.03. The van der Waals surface area contributed by atoms with Gasteiger partial charge >= 0.3 is 6.61 Å². The quantitative estimate of drug-likeness (QED) is 0.382. The third-order valence-corrected chi connectivity index (χ3v) is 3.56. The van der Waals surface area contributed by atoms with Gasteiger partial charge in [-0.3, -0.25) is 9.59 Å². The molecule has 11 heteroatoms. The maximum absolute atomic E-state index is 13.5. The van der Waals surface area contributed by atoms with E-state index in [0.717, 1.165) is 12.1 Å². The van der Waals surface area contributed by atoms with Crippen LogP contribution in [0.5, 0.6) is 11.5 Å². The predicted molar refractivity (Wildman–Crippen MR) is 96.6 cm³/mol. The first-order valence-electron chi connectivity index (χ1n) is 8.23. The summed E-state index contributed by atoms with van der Waals surface area (Å²) in [6, 6.07) is 5.44. The molecule has 2 amide bonds. The molecule has 0 spiro atoms. The van der Waals surface area contributed by atoms with Crippen LogP contribution in [0.25, 0.3) is 6.08 Å². The van der Waals surface area contributed by atoms with Gasteiger partial charge in [0, 0.05) is 6.08 Å². The number of hydrogen-bond acceptors (Lipinski definition) is 4. The lowest BCUT2D eigenvalue weighted by atomic mass is 10.2. The average molecular weight is 430 g/mol. The summed E-state index contributed by atoms with van der Waals surface area (Å²) in [5, 5.41) is 4.19. The largest absolute Gasteiger partial charge is 0.493 e. The molecule has 30 heavy (non-hydrogen) atoms. The van der Waals surface area contributed by atoms with Gasteiger partial charge in [-0.1, -0.05) is 6.07 Å². The Labute approximate surface area is 167 Å². The van der Waals surface area contributed by atoms with Crippen molar-refractivity contribution >= 4 is 23.6 Å². The zero-order chi connectivity index (χ0) is 22.3. The van der Waals surface area contributed by atoms with Gasteiger partial charge in [-0.15, -0.1) is 0 Å². The Balaban J connectivity index is 1.92. The Morgan fingerprint density at radius 3 is 2.47 bits per heavy atom. The van der Waals surface area contributed by atoms with Crippen molar-refractivity contribution in [2.45, 2.75) is 6.61 Å². The van der Waals surface area contributed by atoms with Crippen LogP contribution >= 0.6 is 0 Å². The highest BCUT2D eigenvalue weighted by molar-refractivity contribution is 5.98. The zero-order valence-corrected chi connectivity index (χ0v) is 15.3. The van der Waals surface area contributed by atoms with Crippen molar-refractivity contribution in [3.8, 4) is 11.5 Å². The number of nitrogens with one attached hydrogen (secondary N) is 2. The fourth-order valence-corrected chi connectivity index (χ4v) is 2.20. The lowest BCUT2D eigenvalue weighted by molar-refractivity contribution is -0.121. The second-order valence-electron chi connectivity index (χ2n) is 5.61. The Bertz CT molecular complexity index is 966. The molecule has 0 aliphatic heterocycles. The number of alkyl halides is 2. The highest BCUT2D eigenvalue weighted by Crippen LogP contribution is 2.29. The fraction of sp³-hybridized carbons (Fsp3) is 0.158. The minimum Gasteiger partial charge on any atom is -0.493 e. The number of carbonyl (C=O) groups excluding carboxylic acids is 2. The minimum absolute atomic E-state index is 0.0193. The SMILES string of the molecule is COc1cc(/C=C/C(=O)NCC(=O)Nc2ccc(F)c(F)c2F)ccc1OC(F)F. The van der Waals surface area contributed by atoms with Crippen molar-refractivity contribution in [2.75, 3.05) is 19.0 Å². The van der Waals surface area contributed by atoms with Crippen LogP contribution in [0, 0.1) is 17.5 Å². The molecule has 0 unspecified atom stereocenters. The van der Waals surface area contributed by atoms with Gasteiger partial charge < -0.3 is 20.1 Å². The van der Waals surface area contributed by atoms with E-state index in [-0.39, 0.29) is 11.5 Å². The monoisotopic (exact) mass is 430 g/mol. The molecule has 0 aliphatic carbocycles. The van der Waals surface area contributed by atoms with Crippen LogP contribution in [0.2, 0.25) is 0 Å². The average Bonchev–Trinajstić information content (AvgIpc) is 2.71. The molecule has 6 nitrogen and oxygen atoms in total. The first-order chi connectivity index (χ1) is 14.2. The Morgan fingerprint density at radius 2 is 1.80 bits per heavy atom. The molecule has 0 saturated heterocycles. The molecule has 2 aromatic rings. The molecule has 2 N–H and O–H groups in total. The smallest absolute Gasteiger partial charge is 0.387 e. The zero-order valence-electron chi connectivity index (χ0n) is 15.3. The first kappa shape index (κ1) is 22.7. The second-order valence-corrected chi connectivity index (χ2v) is 5.61. The van der Waals surface area contributed by atoms with Crippen molar-refractivity contribution in [1.82, 2.24) is 5.32 Å². The van der Waals surface area contributed by atoms with E-state index >= 15 is 0 Å². The van der Waals surface area contributed by atoms with Crippen molar-refractivity contribution in [1.29, 1.82) is 0 Å². The number of benzene rings is 2. The molecule has 0 saturated carbocycles. The number of anilines is 1. The van der Waals surface area contributed by atoms with Crippen LogP contribution in [0.4, 0.5) is 27.6 Å². The molecular weight excluding hydrogens is 415 g/mol. The molecule has 2 aromatic carbocycles. The summed E-state index contributed by atoms with van der Waals surface area (Å²) in [7, 11) is 1.25. The molecular formula is C19H15F5N2O4. The van der Waals surface area contributed by atoms with Crippen LogP contribution < -0.4 is 20.1 Å². The van der Waals surface area contributed by atoms with E-state index < -0.39 is 48.1 Å². The molecule has 160 valence electrons. The number of rotatable bonds is 8. The number of ether oxygens (including phenoxy) is 2. The van der Waals surface area contributed by atoms with Crippen molar-refractivity contribution in [3.63, 3.8) is 0 Å². The standard InChI is InChI=1S/C19H15F5N2O4/c1-29-14-8-10(2-6-13(14)30-19(23)24)3-7-15(27)25-9-16(28)26-12-5-4-11(20)17(21)18(12)22/h2-8,19H,9H2,1H3,(H,25,27)(H,26,28)/b7-3+. The number of amides is 2. The van der Waals surface area contributed by atoms with Crippen LogP contribution in [-0.2, 0) is 9.59 Å².